The van der Waals surface area contributed by atoms with Crippen molar-refractivity contribution in [2.75, 3.05) is 5.73 Å². The van der Waals surface area contributed by atoms with Crippen LogP contribution in [0.15, 0.2) is 54.0 Å². The Hall–Kier alpha value is -2.73. The summed E-state index contributed by atoms with van der Waals surface area (Å²) in [6.45, 7) is 0.310. The standard InChI is InChI=1S/C17H14FN3OS/c18-12-5-6-15(19)14(9-12)16(22)21-10-11-3-1-2-4-13(11)17-20-7-8-23-17/h1-9H,10,19H2,(H,21,22). The van der Waals surface area contributed by atoms with Crippen molar-refractivity contribution in [1.82, 2.24) is 10.3 Å². The molecule has 1 amide bonds. The SMILES string of the molecule is Nc1ccc(F)cc1C(=O)NCc1ccccc1-c1nccs1. The van der Waals surface area contributed by atoms with Crippen molar-refractivity contribution in [3.05, 3.63) is 71.0 Å². The highest BCUT2D eigenvalue weighted by atomic mass is 32.1. The number of hydrogen-bond donors (Lipinski definition) is 2. The third-order valence-electron chi connectivity index (χ3n) is 3.38. The summed E-state index contributed by atoms with van der Waals surface area (Å²) in [6, 6.07) is 11.4. The summed E-state index contributed by atoms with van der Waals surface area (Å²) in [4.78, 5) is 16.5. The number of amides is 1. The molecule has 1 heterocycles. The summed E-state index contributed by atoms with van der Waals surface area (Å²) in [5.41, 5.74) is 8.02. The minimum absolute atomic E-state index is 0.136. The zero-order chi connectivity index (χ0) is 16.2. The first-order valence-electron chi connectivity index (χ1n) is 6.96. The smallest absolute Gasteiger partial charge is 0.253 e. The number of halogens is 1. The van der Waals surface area contributed by atoms with E-state index < -0.39 is 11.7 Å². The lowest BCUT2D eigenvalue weighted by Crippen LogP contribution is -2.24. The predicted molar refractivity (Wildman–Crippen MR) is 89.5 cm³/mol. The Balaban J connectivity index is 1.79. The highest BCUT2D eigenvalue weighted by Gasteiger charge is 2.12. The highest BCUT2D eigenvalue weighted by Crippen LogP contribution is 2.25. The van der Waals surface area contributed by atoms with Gasteiger partial charge in [-0.05, 0) is 23.8 Å². The van der Waals surface area contributed by atoms with Crippen LogP contribution in [0, 0.1) is 5.82 Å². The van der Waals surface area contributed by atoms with E-state index in [9.17, 15) is 9.18 Å². The number of aromatic nitrogens is 1. The number of nitrogen functional groups attached to an aromatic ring is 1. The number of nitrogens with zero attached hydrogens (tertiary/aromatic N) is 1. The van der Waals surface area contributed by atoms with Crippen LogP contribution in [-0.2, 0) is 6.54 Å². The molecule has 0 aliphatic carbocycles. The normalized spacial score (nSPS) is 10.5. The van der Waals surface area contributed by atoms with Gasteiger partial charge in [-0.2, -0.15) is 0 Å². The van der Waals surface area contributed by atoms with E-state index in [0.717, 1.165) is 22.2 Å². The van der Waals surface area contributed by atoms with E-state index in [0.29, 0.717) is 6.54 Å². The molecule has 0 aliphatic heterocycles. The lowest BCUT2D eigenvalue weighted by Gasteiger charge is -2.10. The molecule has 3 N–H and O–H groups in total. The Morgan fingerprint density at radius 3 is 2.87 bits per heavy atom. The Morgan fingerprint density at radius 2 is 2.09 bits per heavy atom. The molecule has 1 aromatic heterocycles. The first-order valence-corrected chi connectivity index (χ1v) is 7.84. The summed E-state index contributed by atoms with van der Waals surface area (Å²) in [5.74, 6) is -0.900. The van der Waals surface area contributed by atoms with Gasteiger partial charge in [-0.25, -0.2) is 9.37 Å². The van der Waals surface area contributed by atoms with E-state index in [-0.39, 0.29) is 11.3 Å². The maximum atomic E-state index is 13.3. The molecule has 0 saturated carbocycles. The molecule has 0 unspecified atom stereocenters. The van der Waals surface area contributed by atoms with Crippen LogP contribution in [0.4, 0.5) is 10.1 Å². The maximum absolute atomic E-state index is 13.3. The molecular weight excluding hydrogens is 313 g/mol. The zero-order valence-electron chi connectivity index (χ0n) is 12.1. The number of benzene rings is 2. The number of carbonyl (C=O) groups is 1. The van der Waals surface area contributed by atoms with E-state index >= 15 is 0 Å². The fourth-order valence-corrected chi connectivity index (χ4v) is 2.93. The van der Waals surface area contributed by atoms with Crippen LogP contribution < -0.4 is 11.1 Å². The second-order valence-corrected chi connectivity index (χ2v) is 5.80. The van der Waals surface area contributed by atoms with Gasteiger partial charge in [0.05, 0.1) is 5.56 Å². The molecule has 3 aromatic rings. The van der Waals surface area contributed by atoms with Gasteiger partial charge < -0.3 is 11.1 Å². The molecule has 0 aliphatic rings. The fourth-order valence-electron chi connectivity index (χ4n) is 2.24. The van der Waals surface area contributed by atoms with Gasteiger partial charge in [0.2, 0.25) is 0 Å². The monoisotopic (exact) mass is 327 g/mol. The second kappa shape index (κ2) is 6.58. The number of carbonyl (C=O) groups excluding carboxylic acids is 1. The first kappa shape index (κ1) is 15.2. The van der Waals surface area contributed by atoms with Gasteiger partial charge in [0, 0.05) is 29.4 Å². The van der Waals surface area contributed by atoms with E-state index in [1.165, 1.54) is 23.5 Å². The number of nitrogens with two attached hydrogens (primary N) is 1. The molecule has 3 rings (SSSR count). The van der Waals surface area contributed by atoms with Crippen LogP contribution in [-0.4, -0.2) is 10.9 Å². The molecular formula is C17H14FN3OS. The lowest BCUT2D eigenvalue weighted by atomic mass is 10.1. The minimum Gasteiger partial charge on any atom is -0.398 e. The molecule has 4 nitrogen and oxygen atoms in total. The summed E-state index contributed by atoms with van der Waals surface area (Å²) in [7, 11) is 0. The summed E-state index contributed by atoms with van der Waals surface area (Å²) in [5, 5.41) is 5.57. The molecule has 116 valence electrons. The molecule has 0 spiro atoms. The van der Waals surface area contributed by atoms with Crippen LogP contribution in [0.3, 0.4) is 0 Å². The molecule has 6 heteroatoms. The Labute approximate surface area is 136 Å². The number of anilines is 1. The third-order valence-corrected chi connectivity index (χ3v) is 4.19. The number of nitrogens with one attached hydrogen (secondary N) is 1. The number of thiazole rings is 1. The van der Waals surface area contributed by atoms with Crippen molar-refractivity contribution in [2.24, 2.45) is 0 Å². The molecule has 0 atom stereocenters. The average molecular weight is 327 g/mol. The maximum Gasteiger partial charge on any atom is 0.253 e. The van der Waals surface area contributed by atoms with Crippen molar-refractivity contribution in [3.63, 3.8) is 0 Å². The molecule has 0 saturated heterocycles. The van der Waals surface area contributed by atoms with Gasteiger partial charge >= 0.3 is 0 Å². The molecule has 2 aromatic carbocycles. The van der Waals surface area contributed by atoms with Crippen LogP contribution in [0.5, 0.6) is 0 Å². The Morgan fingerprint density at radius 1 is 1.26 bits per heavy atom. The molecule has 0 bridgehead atoms. The highest BCUT2D eigenvalue weighted by molar-refractivity contribution is 7.13. The van der Waals surface area contributed by atoms with Gasteiger partial charge in [0.1, 0.15) is 10.8 Å². The fraction of sp³-hybridized carbons (Fsp3) is 0.0588. The Kier molecular flexibility index (Phi) is 4.34. The lowest BCUT2D eigenvalue weighted by molar-refractivity contribution is 0.0951. The average Bonchev–Trinajstić information content (AvgIpc) is 3.09. The van der Waals surface area contributed by atoms with Crippen LogP contribution in [0.25, 0.3) is 10.6 Å². The van der Waals surface area contributed by atoms with Gasteiger partial charge in [-0.1, -0.05) is 24.3 Å². The van der Waals surface area contributed by atoms with E-state index in [2.05, 4.69) is 10.3 Å². The molecule has 23 heavy (non-hydrogen) atoms. The van der Waals surface area contributed by atoms with Crippen LogP contribution in [0.2, 0.25) is 0 Å². The van der Waals surface area contributed by atoms with Gasteiger partial charge in [0.25, 0.3) is 5.91 Å². The van der Waals surface area contributed by atoms with Crippen molar-refractivity contribution < 1.29 is 9.18 Å². The van der Waals surface area contributed by atoms with E-state index in [1.54, 1.807) is 6.20 Å². The predicted octanol–water partition coefficient (Wildman–Crippen LogP) is 3.46. The summed E-state index contributed by atoms with van der Waals surface area (Å²) in [6.07, 6.45) is 1.74. The molecule has 0 radical (unpaired) electrons. The van der Waals surface area contributed by atoms with Crippen molar-refractivity contribution >= 4 is 22.9 Å². The summed E-state index contributed by atoms with van der Waals surface area (Å²) < 4.78 is 13.3. The minimum atomic E-state index is -0.493. The van der Waals surface area contributed by atoms with Crippen LogP contribution >= 0.6 is 11.3 Å². The van der Waals surface area contributed by atoms with E-state index in [1.807, 2.05) is 29.6 Å². The molecule has 0 fully saturated rings. The topological polar surface area (TPSA) is 68.0 Å². The van der Waals surface area contributed by atoms with Crippen LogP contribution in [0.1, 0.15) is 15.9 Å². The van der Waals surface area contributed by atoms with Gasteiger partial charge in [0.15, 0.2) is 0 Å². The van der Waals surface area contributed by atoms with Crippen molar-refractivity contribution in [1.29, 1.82) is 0 Å². The van der Waals surface area contributed by atoms with Crippen molar-refractivity contribution in [2.45, 2.75) is 6.54 Å². The zero-order valence-corrected chi connectivity index (χ0v) is 12.9. The van der Waals surface area contributed by atoms with E-state index in [4.69, 9.17) is 5.73 Å². The largest absolute Gasteiger partial charge is 0.398 e. The third kappa shape index (κ3) is 3.37. The number of rotatable bonds is 4. The van der Waals surface area contributed by atoms with Crippen molar-refractivity contribution in [3.8, 4) is 10.6 Å². The van der Waals surface area contributed by atoms with Gasteiger partial charge in [-0.15, -0.1) is 11.3 Å². The van der Waals surface area contributed by atoms with Gasteiger partial charge in [-0.3, -0.25) is 4.79 Å². The Bertz CT molecular complexity index is 834. The second-order valence-electron chi connectivity index (χ2n) is 4.91. The first-order chi connectivity index (χ1) is 11.1. The number of hydrogen-bond acceptors (Lipinski definition) is 4. The quantitative estimate of drug-likeness (QED) is 0.721. The summed E-state index contributed by atoms with van der Waals surface area (Å²) >= 11 is 1.53.